The molecule has 0 saturated carbocycles. The van der Waals surface area contributed by atoms with Gasteiger partial charge in [0.15, 0.2) is 0 Å². The van der Waals surface area contributed by atoms with Gasteiger partial charge in [0.2, 0.25) is 0 Å². The second kappa shape index (κ2) is 7.47. The Balaban J connectivity index is 1.62. The average Bonchev–Trinajstić information content (AvgIpc) is 2.58. The lowest BCUT2D eigenvalue weighted by molar-refractivity contribution is 0.0277. The highest BCUT2D eigenvalue weighted by Crippen LogP contribution is 2.19. The van der Waals surface area contributed by atoms with Gasteiger partial charge in [-0.2, -0.15) is 0 Å². The van der Waals surface area contributed by atoms with Crippen LogP contribution in [0.5, 0.6) is 0 Å². The van der Waals surface area contributed by atoms with E-state index in [-0.39, 0.29) is 6.10 Å². The van der Waals surface area contributed by atoms with Gasteiger partial charge in [0.05, 0.1) is 12.7 Å². The molecule has 1 atom stereocenters. The molecule has 3 rings (SSSR count). The summed E-state index contributed by atoms with van der Waals surface area (Å²) in [5.74, 6) is 0.878. The van der Waals surface area contributed by atoms with Crippen molar-refractivity contribution in [3.63, 3.8) is 0 Å². The van der Waals surface area contributed by atoms with Crippen LogP contribution in [0.15, 0.2) is 36.7 Å². The van der Waals surface area contributed by atoms with E-state index in [4.69, 9.17) is 4.74 Å². The molecule has 2 aromatic rings. The van der Waals surface area contributed by atoms with Crippen molar-refractivity contribution in [3.05, 3.63) is 59.2 Å². The van der Waals surface area contributed by atoms with Crippen LogP contribution in [0, 0.1) is 0 Å². The second-order valence-corrected chi connectivity index (χ2v) is 5.74. The summed E-state index contributed by atoms with van der Waals surface area (Å²) in [6, 6.07) is 8.60. The Morgan fingerprint density at radius 1 is 1.14 bits per heavy atom. The quantitative estimate of drug-likeness (QED) is 0.922. The Hall–Kier alpha value is -1.78. The first-order valence-electron chi connectivity index (χ1n) is 8.06. The molecule has 0 radical (unpaired) electrons. The van der Waals surface area contributed by atoms with E-state index >= 15 is 0 Å². The molecular weight excluding hydrogens is 274 g/mol. The fraction of sp³-hybridized carbons (Fsp3) is 0.444. The normalized spacial score (nSPS) is 18.3. The van der Waals surface area contributed by atoms with Gasteiger partial charge in [0.25, 0.3) is 0 Å². The molecule has 1 saturated heterocycles. The minimum Gasteiger partial charge on any atom is -0.371 e. The number of benzene rings is 1. The average molecular weight is 297 g/mol. The van der Waals surface area contributed by atoms with Crippen LogP contribution in [-0.2, 0) is 17.6 Å². The number of hydrogen-bond acceptors (Lipinski definition) is 4. The van der Waals surface area contributed by atoms with Gasteiger partial charge in [-0.05, 0) is 23.1 Å². The lowest BCUT2D eigenvalue weighted by Crippen LogP contribution is -2.33. The van der Waals surface area contributed by atoms with Crippen molar-refractivity contribution < 1.29 is 4.74 Å². The van der Waals surface area contributed by atoms with Crippen LogP contribution in [0.3, 0.4) is 0 Å². The van der Waals surface area contributed by atoms with Crippen LogP contribution < -0.4 is 5.32 Å². The maximum atomic E-state index is 5.77. The molecule has 4 heteroatoms. The number of rotatable bonds is 5. The molecule has 116 valence electrons. The molecule has 1 aliphatic heterocycles. The van der Waals surface area contributed by atoms with Gasteiger partial charge in [-0.3, -0.25) is 0 Å². The van der Waals surface area contributed by atoms with Crippen LogP contribution >= 0.6 is 0 Å². The highest BCUT2D eigenvalue weighted by molar-refractivity contribution is 5.27. The number of nitrogens with one attached hydrogen (secondary N) is 1. The molecule has 2 heterocycles. The van der Waals surface area contributed by atoms with Crippen molar-refractivity contribution in [1.82, 2.24) is 15.3 Å². The molecule has 0 spiro atoms. The van der Waals surface area contributed by atoms with E-state index in [0.29, 0.717) is 0 Å². The topological polar surface area (TPSA) is 47.0 Å². The van der Waals surface area contributed by atoms with E-state index in [0.717, 1.165) is 44.8 Å². The van der Waals surface area contributed by atoms with E-state index in [9.17, 15) is 0 Å². The summed E-state index contributed by atoms with van der Waals surface area (Å²) >= 11 is 0. The predicted octanol–water partition coefficient (Wildman–Crippen LogP) is 2.68. The first-order chi connectivity index (χ1) is 10.8. The first-order valence-corrected chi connectivity index (χ1v) is 8.06. The van der Waals surface area contributed by atoms with Crippen molar-refractivity contribution >= 4 is 0 Å². The molecule has 4 nitrogen and oxygen atoms in total. The monoisotopic (exact) mass is 297 g/mol. The third kappa shape index (κ3) is 3.90. The van der Waals surface area contributed by atoms with E-state index in [1.165, 1.54) is 16.7 Å². The lowest BCUT2D eigenvalue weighted by Gasteiger charge is -2.24. The second-order valence-electron chi connectivity index (χ2n) is 5.74. The molecule has 22 heavy (non-hydrogen) atoms. The zero-order chi connectivity index (χ0) is 15.2. The number of hydrogen-bond donors (Lipinski definition) is 1. The summed E-state index contributed by atoms with van der Waals surface area (Å²) in [6.45, 7) is 4.78. The summed E-state index contributed by atoms with van der Waals surface area (Å²) in [7, 11) is 0. The molecule has 1 aromatic heterocycles. The first kappa shape index (κ1) is 15.1. The third-order valence-corrected chi connectivity index (χ3v) is 3.94. The molecule has 1 aliphatic rings. The Morgan fingerprint density at radius 3 is 2.55 bits per heavy atom. The fourth-order valence-corrected chi connectivity index (χ4v) is 2.70. The maximum Gasteiger partial charge on any atom is 0.132 e. The molecule has 1 fully saturated rings. The van der Waals surface area contributed by atoms with Gasteiger partial charge >= 0.3 is 0 Å². The van der Waals surface area contributed by atoms with E-state index in [1.807, 2.05) is 12.4 Å². The summed E-state index contributed by atoms with van der Waals surface area (Å²) in [4.78, 5) is 8.92. The maximum absolute atomic E-state index is 5.77. The highest BCUT2D eigenvalue weighted by Gasteiger charge is 2.15. The minimum absolute atomic E-state index is 0.173. The van der Waals surface area contributed by atoms with Gasteiger partial charge < -0.3 is 10.1 Å². The van der Waals surface area contributed by atoms with Crippen LogP contribution in [-0.4, -0.2) is 29.7 Å². The number of ether oxygens (including phenoxy) is 1. The standard InChI is InChI=1S/C18H23N3O/c1-2-3-15-11-20-18(21-12-15)10-14-4-6-16(7-5-14)17-13-19-8-9-22-17/h4-7,11-12,17,19H,2-3,8-10,13H2,1H3/t17-/m0/s1. The van der Waals surface area contributed by atoms with E-state index < -0.39 is 0 Å². The third-order valence-electron chi connectivity index (χ3n) is 3.94. The summed E-state index contributed by atoms with van der Waals surface area (Å²) in [5.41, 5.74) is 3.68. The molecule has 1 N–H and O–H groups in total. The molecule has 0 bridgehead atoms. The van der Waals surface area contributed by atoms with E-state index in [2.05, 4.69) is 46.5 Å². The molecule has 0 aliphatic carbocycles. The zero-order valence-corrected chi connectivity index (χ0v) is 13.1. The Bertz CT molecular complexity index is 574. The smallest absolute Gasteiger partial charge is 0.132 e. The predicted molar refractivity (Wildman–Crippen MR) is 86.8 cm³/mol. The summed E-state index contributed by atoms with van der Waals surface area (Å²) < 4.78 is 5.77. The van der Waals surface area contributed by atoms with Gasteiger partial charge in [-0.25, -0.2) is 9.97 Å². The van der Waals surface area contributed by atoms with Crippen molar-refractivity contribution in [1.29, 1.82) is 0 Å². The summed E-state index contributed by atoms with van der Waals surface area (Å²) in [6.07, 6.45) is 7.01. The van der Waals surface area contributed by atoms with Crippen molar-refractivity contribution in [2.75, 3.05) is 19.7 Å². The van der Waals surface area contributed by atoms with Crippen LogP contribution in [0.4, 0.5) is 0 Å². The zero-order valence-electron chi connectivity index (χ0n) is 13.1. The number of morpholine rings is 1. The van der Waals surface area contributed by atoms with Crippen molar-refractivity contribution in [2.45, 2.75) is 32.3 Å². The van der Waals surface area contributed by atoms with Gasteiger partial charge in [0, 0.05) is 31.9 Å². The van der Waals surface area contributed by atoms with Gasteiger partial charge in [-0.1, -0.05) is 37.6 Å². The minimum atomic E-state index is 0.173. The van der Waals surface area contributed by atoms with Gasteiger partial charge in [0.1, 0.15) is 5.82 Å². The highest BCUT2D eigenvalue weighted by atomic mass is 16.5. The van der Waals surface area contributed by atoms with Crippen LogP contribution in [0.25, 0.3) is 0 Å². The Labute approximate surface area is 132 Å². The largest absolute Gasteiger partial charge is 0.371 e. The fourth-order valence-electron chi connectivity index (χ4n) is 2.70. The number of aromatic nitrogens is 2. The number of aryl methyl sites for hydroxylation is 1. The molecular formula is C18H23N3O. The molecule has 0 unspecified atom stereocenters. The van der Waals surface area contributed by atoms with E-state index in [1.54, 1.807) is 0 Å². The van der Waals surface area contributed by atoms with Gasteiger partial charge in [-0.15, -0.1) is 0 Å². The van der Waals surface area contributed by atoms with Crippen molar-refractivity contribution in [2.24, 2.45) is 0 Å². The summed E-state index contributed by atoms with van der Waals surface area (Å²) in [5, 5.41) is 3.36. The molecule has 0 amide bonds. The number of nitrogens with zero attached hydrogens (tertiary/aromatic N) is 2. The van der Waals surface area contributed by atoms with Crippen LogP contribution in [0.1, 0.15) is 42.0 Å². The van der Waals surface area contributed by atoms with Crippen LogP contribution in [0.2, 0.25) is 0 Å². The Morgan fingerprint density at radius 2 is 1.91 bits per heavy atom. The Kier molecular flexibility index (Phi) is 5.14. The SMILES string of the molecule is CCCc1cnc(Cc2ccc([C@@H]3CNCCO3)cc2)nc1. The van der Waals surface area contributed by atoms with Crippen molar-refractivity contribution in [3.8, 4) is 0 Å². The lowest BCUT2D eigenvalue weighted by atomic mass is 10.0. The molecule has 1 aromatic carbocycles.